The number of halogens is 1. The summed E-state index contributed by atoms with van der Waals surface area (Å²) >= 11 is 2.09. The molecule has 1 unspecified atom stereocenters. The first-order chi connectivity index (χ1) is 7.79. The van der Waals surface area contributed by atoms with Crippen LogP contribution in [0.2, 0.25) is 0 Å². The van der Waals surface area contributed by atoms with Gasteiger partial charge in [0.1, 0.15) is 11.6 Å². The Kier molecular flexibility index (Phi) is 5.18. The molecule has 1 aliphatic rings. The van der Waals surface area contributed by atoms with Gasteiger partial charge in [-0.1, -0.05) is 0 Å². The van der Waals surface area contributed by atoms with Gasteiger partial charge in [0.05, 0.1) is 0 Å². The lowest BCUT2D eigenvalue weighted by molar-refractivity contribution is -0.146. The van der Waals surface area contributed by atoms with Crippen LogP contribution in [0.1, 0.15) is 40.0 Å². The molecule has 1 rings (SSSR count). The van der Waals surface area contributed by atoms with E-state index in [4.69, 9.17) is 4.74 Å². The number of rotatable bonds is 1. The molecule has 17 heavy (non-hydrogen) atoms. The van der Waals surface area contributed by atoms with Crippen LogP contribution in [0, 0.1) is 0 Å². The molecule has 0 spiro atoms. The normalized spacial score (nSPS) is 22.0. The second-order valence-electron chi connectivity index (χ2n) is 5.02. The molecule has 0 saturated carbocycles. The number of hydrogen-bond acceptors (Lipinski definition) is 5. The highest BCUT2D eigenvalue weighted by Crippen LogP contribution is 2.22. The summed E-state index contributed by atoms with van der Waals surface area (Å²) in [6, 6.07) is -0.336. The van der Waals surface area contributed by atoms with Gasteiger partial charge in [-0.05, 0) is 40.0 Å². The fourth-order valence-electron chi connectivity index (χ4n) is 1.55. The van der Waals surface area contributed by atoms with E-state index in [2.05, 4.69) is 27.6 Å². The van der Waals surface area contributed by atoms with Crippen LogP contribution in [-0.2, 0) is 14.3 Å². The molecule has 1 atom stereocenters. The number of nitrogens with zero attached hydrogens (tertiary/aromatic N) is 1. The van der Waals surface area contributed by atoms with E-state index >= 15 is 0 Å². The van der Waals surface area contributed by atoms with Gasteiger partial charge in [0.25, 0.3) is 0 Å². The molecule has 1 saturated heterocycles. The van der Waals surface area contributed by atoms with Gasteiger partial charge in [0.15, 0.2) is 0 Å². The number of ether oxygens (including phenoxy) is 2. The summed E-state index contributed by atoms with van der Waals surface area (Å²) in [6.45, 7) is 6.02. The molecule has 1 fully saturated rings. The summed E-state index contributed by atoms with van der Waals surface area (Å²) in [5.74, 6) is -0.520. The van der Waals surface area contributed by atoms with Crippen molar-refractivity contribution in [1.29, 1.82) is 0 Å². The van der Waals surface area contributed by atoms with Crippen LogP contribution in [-0.4, -0.2) is 33.4 Å². The van der Waals surface area contributed by atoms with Crippen molar-refractivity contribution < 1.29 is 19.1 Å². The summed E-state index contributed by atoms with van der Waals surface area (Å²) in [5.41, 5.74) is -0.645. The summed E-state index contributed by atoms with van der Waals surface area (Å²) in [4.78, 5) is 23.1. The van der Waals surface area contributed by atoms with E-state index in [1.165, 1.54) is 0 Å². The van der Waals surface area contributed by atoms with Crippen LogP contribution >= 0.6 is 22.9 Å². The quantitative estimate of drug-likeness (QED) is 0.313. The van der Waals surface area contributed by atoms with Crippen LogP contribution in [0.25, 0.3) is 0 Å². The summed E-state index contributed by atoms with van der Waals surface area (Å²) in [5, 5.41) is 0. The molecule has 1 aliphatic heterocycles. The Labute approximate surface area is 115 Å². The number of carbonyl (C=O) groups excluding carboxylic acids is 2. The molecule has 0 radical (unpaired) electrons. The van der Waals surface area contributed by atoms with Crippen LogP contribution in [0.15, 0.2) is 0 Å². The number of carbonyl (C=O) groups is 2. The predicted octanol–water partition coefficient (Wildman–Crippen LogP) is 2.67. The molecule has 5 nitrogen and oxygen atoms in total. The Morgan fingerprint density at radius 3 is 2.47 bits per heavy atom. The average molecular weight is 355 g/mol. The van der Waals surface area contributed by atoms with Crippen molar-refractivity contribution in [3.05, 3.63) is 0 Å². The van der Waals surface area contributed by atoms with Crippen molar-refractivity contribution in [2.75, 3.05) is 6.54 Å². The van der Waals surface area contributed by atoms with Gasteiger partial charge in [-0.15, -0.1) is 0 Å². The van der Waals surface area contributed by atoms with E-state index < -0.39 is 17.7 Å². The van der Waals surface area contributed by atoms with Gasteiger partial charge >= 0.3 is 12.1 Å². The van der Waals surface area contributed by atoms with Crippen molar-refractivity contribution in [3.8, 4) is 0 Å². The minimum atomic E-state index is -0.919. The fourth-order valence-corrected chi connectivity index (χ4v) is 2.40. The molecule has 0 bridgehead atoms. The molecular weight excluding hydrogens is 337 g/mol. The molecule has 6 heteroatoms. The third-order valence-corrected chi connectivity index (χ3v) is 3.44. The Hall–Kier alpha value is -0.370. The topological polar surface area (TPSA) is 55.8 Å². The highest BCUT2D eigenvalue weighted by atomic mass is 127. The van der Waals surface area contributed by atoms with Gasteiger partial charge in [0, 0.05) is 29.4 Å². The third-order valence-electron chi connectivity index (χ3n) is 2.28. The average Bonchev–Trinajstić information content (AvgIpc) is 2.14. The first-order valence-corrected chi connectivity index (χ1v) is 6.63. The number of esters is 1. The Morgan fingerprint density at radius 1 is 1.29 bits per heavy atom. The highest BCUT2D eigenvalue weighted by molar-refractivity contribution is 14.1. The Bertz CT molecular complexity index is 300. The summed E-state index contributed by atoms with van der Waals surface area (Å²) in [6.07, 6.45) is 1.86. The second kappa shape index (κ2) is 5.99. The lowest BCUT2D eigenvalue weighted by atomic mass is 10.1. The van der Waals surface area contributed by atoms with E-state index in [1.54, 1.807) is 20.8 Å². The van der Waals surface area contributed by atoms with E-state index in [0.717, 1.165) is 25.8 Å². The molecule has 0 aliphatic carbocycles. The fraction of sp³-hybridized carbons (Fsp3) is 0.818. The van der Waals surface area contributed by atoms with E-state index in [1.807, 2.05) is 3.11 Å². The van der Waals surface area contributed by atoms with Crippen LogP contribution in [0.5, 0.6) is 0 Å². The minimum Gasteiger partial charge on any atom is -0.428 e. The summed E-state index contributed by atoms with van der Waals surface area (Å²) < 4.78 is 11.5. The van der Waals surface area contributed by atoms with Crippen molar-refractivity contribution in [2.24, 2.45) is 0 Å². The zero-order valence-electron chi connectivity index (χ0n) is 10.4. The Balaban J connectivity index is 2.45. The molecule has 0 amide bonds. The largest absolute Gasteiger partial charge is 0.516 e. The maximum absolute atomic E-state index is 11.7. The van der Waals surface area contributed by atoms with Gasteiger partial charge in [-0.25, -0.2) is 12.7 Å². The Morgan fingerprint density at radius 2 is 1.94 bits per heavy atom. The van der Waals surface area contributed by atoms with Crippen LogP contribution < -0.4 is 0 Å². The molecule has 0 aromatic rings. The van der Waals surface area contributed by atoms with E-state index in [9.17, 15) is 9.59 Å². The highest BCUT2D eigenvalue weighted by Gasteiger charge is 2.31. The first-order valence-electron chi connectivity index (χ1n) is 5.67. The van der Waals surface area contributed by atoms with Crippen molar-refractivity contribution in [2.45, 2.75) is 51.7 Å². The van der Waals surface area contributed by atoms with Gasteiger partial charge in [-0.2, -0.15) is 0 Å². The van der Waals surface area contributed by atoms with Crippen LogP contribution in [0.3, 0.4) is 0 Å². The summed E-state index contributed by atoms with van der Waals surface area (Å²) in [7, 11) is 0. The van der Waals surface area contributed by atoms with Crippen molar-refractivity contribution >= 4 is 35.0 Å². The van der Waals surface area contributed by atoms with Crippen LogP contribution in [0.4, 0.5) is 4.79 Å². The molecule has 0 aromatic heterocycles. The lowest BCUT2D eigenvalue weighted by Crippen LogP contribution is -2.41. The minimum absolute atomic E-state index is 0.336. The third kappa shape index (κ3) is 5.20. The van der Waals surface area contributed by atoms with Gasteiger partial charge in [0.2, 0.25) is 0 Å². The predicted molar refractivity (Wildman–Crippen MR) is 70.7 cm³/mol. The lowest BCUT2D eigenvalue weighted by Gasteiger charge is -2.28. The monoisotopic (exact) mass is 355 g/mol. The first kappa shape index (κ1) is 14.7. The van der Waals surface area contributed by atoms with Crippen molar-refractivity contribution in [1.82, 2.24) is 3.11 Å². The zero-order valence-corrected chi connectivity index (χ0v) is 12.5. The number of piperidine rings is 1. The van der Waals surface area contributed by atoms with Gasteiger partial charge < -0.3 is 9.47 Å². The van der Waals surface area contributed by atoms with E-state index in [0.29, 0.717) is 0 Å². The standard InChI is InChI=1S/C11H18INO4/c1-11(2,3)17-10(15)16-9(14)8-6-4-5-7-13(8)12/h8H,4-7H2,1-3H3. The maximum atomic E-state index is 11.7. The maximum Gasteiger partial charge on any atom is 0.516 e. The molecular formula is C11H18INO4. The number of hydrogen-bond donors (Lipinski definition) is 0. The molecule has 1 heterocycles. The molecule has 98 valence electrons. The van der Waals surface area contributed by atoms with Crippen molar-refractivity contribution in [3.63, 3.8) is 0 Å². The second-order valence-corrected chi connectivity index (χ2v) is 6.26. The molecule has 0 N–H and O–H groups in total. The smallest absolute Gasteiger partial charge is 0.428 e. The van der Waals surface area contributed by atoms with Gasteiger partial charge in [-0.3, -0.25) is 0 Å². The SMILES string of the molecule is CC(C)(C)OC(=O)OC(=O)C1CCCCN1I. The zero-order chi connectivity index (χ0) is 13.1. The molecule has 0 aromatic carbocycles. The van der Waals surface area contributed by atoms with E-state index in [-0.39, 0.29) is 6.04 Å².